The molecule has 1 atom stereocenters. The molecule has 17 heavy (non-hydrogen) atoms. The number of morpholine rings is 1. The van der Waals surface area contributed by atoms with Crippen LogP contribution in [0.3, 0.4) is 0 Å². The number of nitrogens with one attached hydrogen (secondary N) is 1. The highest BCUT2D eigenvalue weighted by atomic mass is 16.5. The van der Waals surface area contributed by atoms with E-state index in [1.807, 2.05) is 13.1 Å². The summed E-state index contributed by atoms with van der Waals surface area (Å²) in [6.07, 6.45) is 2.04. The number of fused-ring (bicyclic) bond motifs is 1. The minimum Gasteiger partial charge on any atom is -0.371 e. The average molecular weight is 228 g/mol. The van der Waals surface area contributed by atoms with Crippen molar-refractivity contribution < 1.29 is 4.74 Å². The molecular weight excluding hydrogens is 212 g/mol. The van der Waals surface area contributed by atoms with E-state index < -0.39 is 0 Å². The summed E-state index contributed by atoms with van der Waals surface area (Å²) >= 11 is 0. The molecule has 1 fully saturated rings. The molecule has 0 radical (unpaired) electrons. The number of hydrogen-bond donors (Lipinski definition) is 1. The standard InChI is InChI=1S/C14H16N2O/c1-10-13-3-2-12(8-11(13)4-5-16-10)14-9-15-6-7-17-14/h2-5,8,14-15H,6-7,9H2,1H3. The molecule has 3 heteroatoms. The maximum atomic E-state index is 5.77. The van der Waals surface area contributed by atoms with Crippen LogP contribution in [0, 0.1) is 6.92 Å². The number of ether oxygens (including phenoxy) is 1. The Morgan fingerprint density at radius 3 is 3.12 bits per heavy atom. The molecule has 0 amide bonds. The molecule has 1 aliphatic heterocycles. The fourth-order valence-electron chi connectivity index (χ4n) is 2.33. The first-order chi connectivity index (χ1) is 8.34. The Hall–Kier alpha value is -1.45. The average Bonchev–Trinajstić information content (AvgIpc) is 2.40. The van der Waals surface area contributed by atoms with Gasteiger partial charge < -0.3 is 10.1 Å². The topological polar surface area (TPSA) is 34.2 Å². The van der Waals surface area contributed by atoms with Gasteiger partial charge in [0.1, 0.15) is 0 Å². The van der Waals surface area contributed by atoms with E-state index in [0.29, 0.717) is 0 Å². The molecule has 0 aliphatic carbocycles. The minimum atomic E-state index is 0.182. The van der Waals surface area contributed by atoms with Crippen LogP contribution >= 0.6 is 0 Å². The number of pyridine rings is 1. The zero-order valence-electron chi connectivity index (χ0n) is 9.94. The van der Waals surface area contributed by atoms with Gasteiger partial charge in [0, 0.05) is 30.4 Å². The first-order valence-corrected chi connectivity index (χ1v) is 6.02. The summed E-state index contributed by atoms with van der Waals surface area (Å²) in [4.78, 5) is 4.31. The predicted molar refractivity (Wildman–Crippen MR) is 68.0 cm³/mol. The molecule has 1 aromatic carbocycles. The second kappa shape index (κ2) is 4.43. The molecule has 2 aromatic rings. The minimum absolute atomic E-state index is 0.182. The number of aromatic nitrogens is 1. The van der Waals surface area contributed by atoms with Crippen molar-refractivity contribution in [2.45, 2.75) is 13.0 Å². The van der Waals surface area contributed by atoms with Crippen LogP contribution in [0.4, 0.5) is 0 Å². The van der Waals surface area contributed by atoms with E-state index in [9.17, 15) is 0 Å². The highest BCUT2D eigenvalue weighted by molar-refractivity contribution is 5.84. The second-order valence-corrected chi connectivity index (χ2v) is 4.44. The maximum Gasteiger partial charge on any atom is 0.0950 e. The summed E-state index contributed by atoms with van der Waals surface area (Å²) in [5.41, 5.74) is 2.33. The van der Waals surface area contributed by atoms with E-state index >= 15 is 0 Å². The molecule has 1 aromatic heterocycles. The van der Waals surface area contributed by atoms with Gasteiger partial charge in [0.25, 0.3) is 0 Å². The van der Waals surface area contributed by atoms with Crippen molar-refractivity contribution in [1.82, 2.24) is 10.3 Å². The van der Waals surface area contributed by atoms with Gasteiger partial charge in [0.05, 0.1) is 12.7 Å². The molecule has 1 aliphatic rings. The molecule has 1 saturated heterocycles. The van der Waals surface area contributed by atoms with Crippen LogP contribution in [0.5, 0.6) is 0 Å². The van der Waals surface area contributed by atoms with Crippen LogP contribution < -0.4 is 5.32 Å². The highest BCUT2D eigenvalue weighted by Gasteiger charge is 2.15. The summed E-state index contributed by atoms with van der Waals surface area (Å²) in [5, 5.41) is 5.82. The largest absolute Gasteiger partial charge is 0.371 e. The molecule has 0 bridgehead atoms. The number of rotatable bonds is 1. The van der Waals surface area contributed by atoms with E-state index in [1.54, 1.807) is 0 Å². The van der Waals surface area contributed by atoms with Crippen molar-refractivity contribution in [3.63, 3.8) is 0 Å². The Kier molecular flexibility index (Phi) is 2.79. The lowest BCUT2D eigenvalue weighted by molar-refractivity contribution is 0.0278. The number of hydrogen-bond acceptors (Lipinski definition) is 3. The lowest BCUT2D eigenvalue weighted by Gasteiger charge is -2.24. The quantitative estimate of drug-likeness (QED) is 0.812. The van der Waals surface area contributed by atoms with Crippen molar-refractivity contribution in [3.8, 4) is 0 Å². The monoisotopic (exact) mass is 228 g/mol. The molecule has 0 spiro atoms. The van der Waals surface area contributed by atoms with Gasteiger partial charge in [0.15, 0.2) is 0 Å². The van der Waals surface area contributed by atoms with E-state index in [0.717, 1.165) is 25.4 Å². The van der Waals surface area contributed by atoms with Crippen LogP contribution in [0.1, 0.15) is 17.4 Å². The van der Waals surface area contributed by atoms with Gasteiger partial charge in [0.2, 0.25) is 0 Å². The third-order valence-electron chi connectivity index (χ3n) is 3.29. The number of nitrogens with zero attached hydrogens (tertiary/aromatic N) is 1. The first kappa shape index (κ1) is 10.7. The molecular formula is C14H16N2O. The Bertz CT molecular complexity index is 533. The van der Waals surface area contributed by atoms with E-state index in [1.165, 1.54) is 16.3 Å². The maximum absolute atomic E-state index is 5.77. The SMILES string of the molecule is Cc1nccc2cc(C3CNCCO3)ccc12. The van der Waals surface area contributed by atoms with Crippen LogP contribution in [0.2, 0.25) is 0 Å². The first-order valence-electron chi connectivity index (χ1n) is 6.02. The molecule has 88 valence electrons. The fraction of sp³-hybridized carbons (Fsp3) is 0.357. The zero-order valence-corrected chi connectivity index (χ0v) is 9.94. The predicted octanol–water partition coefficient (Wildman–Crippen LogP) is 2.20. The Morgan fingerprint density at radius 2 is 2.29 bits per heavy atom. The van der Waals surface area contributed by atoms with E-state index in [-0.39, 0.29) is 6.10 Å². The molecule has 0 saturated carbocycles. The fourth-order valence-corrected chi connectivity index (χ4v) is 2.33. The lowest BCUT2D eigenvalue weighted by Crippen LogP contribution is -2.33. The van der Waals surface area contributed by atoms with Gasteiger partial charge in [-0.05, 0) is 30.0 Å². The summed E-state index contributed by atoms with van der Waals surface area (Å²) in [6, 6.07) is 8.56. The van der Waals surface area contributed by atoms with Crippen molar-refractivity contribution in [3.05, 3.63) is 41.7 Å². The van der Waals surface area contributed by atoms with Crippen molar-refractivity contribution >= 4 is 10.8 Å². The third kappa shape index (κ3) is 2.04. The van der Waals surface area contributed by atoms with Crippen molar-refractivity contribution in [2.24, 2.45) is 0 Å². The third-order valence-corrected chi connectivity index (χ3v) is 3.29. The molecule has 3 nitrogen and oxygen atoms in total. The van der Waals surface area contributed by atoms with Crippen LogP contribution in [0.15, 0.2) is 30.5 Å². The normalized spacial score (nSPS) is 20.6. The Morgan fingerprint density at radius 1 is 1.35 bits per heavy atom. The Labute approximate surface area is 101 Å². The number of aryl methyl sites for hydroxylation is 1. The molecule has 1 N–H and O–H groups in total. The van der Waals surface area contributed by atoms with Gasteiger partial charge >= 0.3 is 0 Å². The van der Waals surface area contributed by atoms with Crippen molar-refractivity contribution in [1.29, 1.82) is 0 Å². The van der Waals surface area contributed by atoms with E-state index in [4.69, 9.17) is 4.74 Å². The van der Waals surface area contributed by atoms with Gasteiger partial charge in [-0.15, -0.1) is 0 Å². The zero-order chi connectivity index (χ0) is 11.7. The van der Waals surface area contributed by atoms with Crippen molar-refractivity contribution in [2.75, 3.05) is 19.7 Å². The number of benzene rings is 1. The van der Waals surface area contributed by atoms with Crippen LogP contribution in [-0.4, -0.2) is 24.7 Å². The summed E-state index contributed by atoms with van der Waals surface area (Å²) < 4.78 is 5.77. The van der Waals surface area contributed by atoms with Gasteiger partial charge in [-0.25, -0.2) is 0 Å². The highest BCUT2D eigenvalue weighted by Crippen LogP contribution is 2.24. The van der Waals surface area contributed by atoms with Crippen LogP contribution in [0.25, 0.3) is 10.8 Å². The van der Waals surface area contributed by atoms with Gasteiger partial charge in [-0.1, -0.05) is 12.1 Å². The van der Waals surface area contributed by atoms with Gasteiger partial charge in [-0.2, -0.15) is 0 Å². The van der Waals surface area contributed by atoms with Crippen LogP contribution in [-0.2, 0) is 4.74 Å². The lowest BCUT2D eigenvalue weighted by atomic mass is 10.0. The molecule has 3 rings (SSSR count). The summed E-state index contributed by atoms with van der Waals surface area (Å²) in [7, 11) is 0. The smallest absolute Gasteiger partial charge is 0.0950 e. The van der Waals surface area contributed by atoms with Gasteiger partial charge in [-0.3, -0.25) is 4.98 Å². The molecule has 1 unspecified atom stereocenters. The summed E-state index contributed by atoms with van der Waals surface area (Å²) in [6.45, 7) is 4.68. The second-order valence-electron chi connectivity index (χ2n) is 4.44. The molecule has 2 heterocycles. The summed E-state index contributed by atoms with van der Waals surface area (Å²) in [5.74, 6) is 0. The Balaban J connectivity index is 2.01. The van der Waals surface area contributed by atoms with E-state index in [2.05, 4.69) is 34.6 Å².